The first-order valence-corrected chi connectivity index (χ1v) is 11.8. The summed E-state index contributed by atoms with van der Waals surface area (Å²) in [7, 11) is -3.80. The van der Waals surface area contributed by atoms with Crippen molar-refractivity contribution in [3.05, 3.63) is 83.1 Å². The summed E-state index contributed by atoms with van der Waals surface area (Å²) in [5.41, 5.74) is 3.36. The van der Waals surface area contributed by atoms with Crippen LogP contribution in [0.1, 0.15) is 17.0 Å². The zero-order valence-corrected chi connectivity index (χ0v) is 18.3. The Kier molecular flexibility index (Phi) is 5.85. The molecule has 154 valence electrons. The van der Waals surface area contributed by atoms with Crippen LogP contribution in [0.15, 0.2) is 75.4 Å². The van der Waals surface area contributed by atoms with Gasteiger partial charge in [-0.3, -0.25) is 4.18 Å². The molecule has 4 rings (SSSR count). The van der Waals surface area contributed by atoms with E-state index in [0.717, 1.165) is 11.1 Å². The zero-order chi connectivity index (χ0) is 21.1. The van der Waals surface area contributed by atoms with E-state index < -0.39 is 10.1 Å². The molecule has 5 nitrogen and oxygen atoms in total. The van der Waals surface area contributed by atoms with E-state index in [0.29, 0.717) is 29.3 Å². The third-order valence-corrected chi connectivity index (χ3v) is 7.16. The van der Waals surface area contributed by atoms with E-state index >= 15 is 0 Å². The highest BCUT2D eigenvalue weighted by molar-refractivity contribution is 7.86. The molecule has 4 aromatic rings. The van der Waals surface area contributed by atoms with Gasteiger partial charge in [0.2, 0.25) is 5.89 Å². The molecule has 0 bridgehead atoms. The number of nitrogens with zero attached hydrogens (tertiary/aromatic N) is 1. The highest BCUT2D eigenvalue weighted by atomic mass is 32.2. The average molecular weight is 440 g/mol. The minimum absolute atomic E-state index is 0.000790. The quantitative estimate of drug-likeness (QED) is 0.349. The molecule has 0 radical (unpaired) electrons. The second-order valence-corrected chi connectivity index (χ2v) is 9.40. The largest absolute Gasteiger partial charge is 0.441 e. The molecule has 0 aliphatic rings. The van der Waals surface area contributed by atoms with Crippen LogP contribution in [0.3, 0.4) is 0 Å². The summed E-state index contributed by atoms with van der Waals surface area (Å²) in [5, 5.41) is 2.05. The molecule has 0 aliphatic carbocycles. The van der Waals surface area contributed by atoms with Crippen LogP contribution >= 0.6 is 11.3 Å². The number of hydrogen-bond acceptors (Lipinski definition) is 6. The van der Waals surface area contributed by atoms with E-state index in [1.807, 2.05) is 42.6 Å². The van der Waals surface area contributed by atoms with Crippen molar-refractivity contribution in [1.82, 2.24) is 4.98 Å². The lowest BCUT2D eigenvalue weighted by Gasteiger charge is -2.07. The summed E-state index contributed by atoms with van der Waals surface area (Å²) < 4.78 is 35.9. The molecule has 0 atom stereocenters. The van der Waals surface area contributed by atoms with Crippen LogP contribution in [0, 0.1) is 13.8 Å². The van der Waals surface area contributed by atoms with Crippen LogP contribution in [-0.2, 0) is 20.7 Å². The number of aryl methyl sites for hydroxylation is 2. The lowest BCUT2D eigenvalue weighted by molar-refractivity contribution is 0.320. The predicted molar refractivity (Wildman–Crippen MR) is 118 cm³/mol. The van der Waals surface area contributed by atoms with Gasteiger partial charge in [0.25, 0.3) is 10.1 Å². The van der Waals surface area contributed by atoms with Crippen molar-refractivity contribution < 1.29 is 17.0 Å². The van der Waals surface area contributed by atoms with Gasteiger partial charge >= 0.3 is 0 Å². The smallest absolute Gasteiger partial charge is 0.297 e. The van der Waals surface area contributed by atoms with Crippen molar-refractivity contribution in [2.75, 3.05) is 6.61 Å². The van der Waals surface area contributed by atoms with E-state index in [1.54, 1.807) is 42.5 Å². The van der Waals surface area contributed by atoms with E-state index in [-0.39, 0.29) is 11.5 Å². The maximum atomic E-state index is 12.4. The molecular weight excluding hydrogens is 418 g/mol. The minimum Gasteiger partial charge on any atom is -0.441 e. The van der Waals surface area contributed by atoms with Crippen molar-refractivity contribution in [2.24, 2.45) is 0 Å². The fourth-order valence-electron chi connectivity index (χ4n) is 3.15. The van der Waals surface area contributed by atoms with Gasteiger partial charge in [-0.15, -0.1) is 11.3 Å². The fourth-order valence-corrected chi connectivity index (χ4v) is 5.02. The first kappa shape index (κ1) is 20.5. The number of aromatic nitrogens is 1. The monoisotopic (exact) mass is 439 g/mol. The van der Waals surface area contributed by atoms with Gasteiger partial charge in [-0.2, -0.15) is 8.42 Å². The lowest BCUT2D eigenvalue weighted by Crippen LogP contribution is -2.11. The average Bonchev–Trinajstić information content (AvgIpc) is 3.39. The SMILES string of the molecule is Cc1ccccc1S(=O)(=O)OCCc1nc(-c2ccc(-c3cccs3)cc2)oc1C. The fraction of sp³-hybridized carbons (Fsp3) is 0.174. The van der Waals surface area contributed by atoms with Gasteiger partial charge in [-0.05, 0) is 54.6 Å². The molecule has 2 aromatic heterocycles. The second kappa shape index (κ2) is 8.55. The van der Waals surface area contributed by atoms with Gasteiger partial charge in [0.05, 0.1) is 17.2 Å². The van der Waals surface area contributed by atoms with Crippen LogP contribution in [0.5, 0.6) is 0 Å². The maximum absolute atomic E-state index is 12.4. The lowest BCUT2D eigenvalue weighted by atomic mass is 10.1. The Morgan fingerprint density at radius 1 is 0.967 bits per heavy atom. The molecule has 0 saturated heterocycles. The molecule has 2 heterocycles. The molecule has 0 N–H and O–H groups in total. The van der Waals surface area contributed by atoms with Crippen molar-refractivity contribution in [1.29, 1.82) is 0 Å². The van der Waals surface area contributed by atoms with Crippen molar-refractivity contribution in [2.45, 2.75) is 25.2 Å². The Bertz CT molecular complexity index is 1240. The summed E-state index contributed by atoms with van der Waals surface area (Å²) in [6.07, 6.45) is 0.341. The molecule has 7 heteroatoms. The molecule has 0 amide bonds. The number of hydrogen-bond donors (Lipinski definition) is 0. The number of oxazole rings is 1. The Morgan fingerprint density at radius 2 is 1.70 bits per heavy atom. The van der Waals surface area contributed by atoms with Crippen molar-refractivity contribution in [3.63, 3.8) is 0 Å². The third-order valence-electron chi connectivity index (χ3n) is 4.77. The highest BCUT2D eigenvalue weighted by Gasteiger charge is 2.18. The van der Waals surface area contributed by atoms with Gasteiger partial charge in [0.15, 0.2) is 0 Å². The van der Waals surface area contributed by atoms with Gasteiger partial charge < -0.3 is 4.42 Å². The van der Waals surface area contributed by atoms with Crippen LogP contribution in [0.25, 0.3) is 21.9 Å². The standard InChI is InChI=1S/C23H21NO4S2/c1-16-6-3-4-8-22(16)30(25,26)27-14-13-20-17(2)28-23(24-20)19-11-9-18(10-12-19)21-7-5-15-29-21/h3-12,15H,13-14H2,1-2H3. The molecule has 0 saturated carbocycles. The van der Waals surface area contributed by atoms with Crippen LogP contribution in [0.4, 0.5) is 0 Å². The third kappa shape index (κ3) is 4.38. The molecule has 0 spiro atoms. The molecule has 0 unspecified atom stereocenters. The van der Waals surface area contributed by atoms with Crippen LogP contribution in [0.2, 0.25) is 0 Å². The summed E-state index contributed by atoms with van der Waals surface area (Å²) in [4.78, 5) is 5.94. The first-order valence-electron chi connectivity index (χ1n) is 9.50. The van der Waals surface area contributed by atoms with Crippen molar-refractivity contribution >= 4 is 21.5 Å². The van der Waals surface area contributed by atoms with Gasteiger partial charge in [-0.25, -0.2) is 4.98 Å². The summed E-state index contributed by atoms with van der Waals surface area (Å²) in [6, 6.07) is 18.9. The Labute approximate surface area is 180 Å². The van der Waals surface area contributed by atoms with Crippen LogP contribution < -0.4 is 0 Å². The zero-order valence-electron chi connectivity index (χ0n) is 16.7. The number of rotatable bonds is 7. The van der Waals surface area contributed by atoms with Gasteiger partial charge in [0.1, 0.15) is 5.76 Å². The Morgan fingerprint density at radius 3 is 2.40 bits per heavy atom. The van der Waals surface area contributed by atoms with Gasteiger partial charge in [-0.1, -0.05) is 36.4 Å². The topological polar surface area (TPSA) is 69.4 Å². The summed E-state index contributed by atoms with van der Waals surface area (Å²) in [6.45, 7) is 3.57. The molecule has 30 heavy (non-hydrogen) atoms. The summed E-state index contributed by atoms with van der Waals surface area (Å²) >= 11 is 1.69. The van der Waals surface area contributed by atoms with E-state index in [1.165, 1.54) is 4.88 Å². The molecule has 0 fully saturated rings. The van der Waals surface area contributed by atoms with Crippen molar-refractivity contribution in [3.8, 4) is 21.9 Å². The van der Waals surface area contributed by atoms with E-state index in [9.17, 15) is 8.42 Å². The Hall–Kier alpha value is -2.74. The van der Waals surface area contributed by atoms with E-state index in [2.05, 4.69) is 11.1 Å². The van der Waals surface area contributed by atoms with Gasteiger partial charge in [0, 0.05) is 16.9 Å². The number of thiophene rings is 1. The molecule has 0 aliphatic heterocycles. The Balaban J connectivity index is 1.44. The van der Waals surface area contributed by atoms with E-state index in [4.69, 9.17) is 8.60 Å². The first-order chi connectivity index (χ1) is 14.4. The van der Waals surface area contributed by atoms with Crippen LogP contribution in [-0.4, -0.2) is 20.0 Å². The predicted octanol–water partition coefficient (Wildman–Crippen LogP) is 5.63. The minimum atomic E-state index is -3.80. The number of benzene rings is 2. The normalized spacial score (nSPS) is 11.7. The summed E-state index contributed by atoms with van der Waals surface area (Å²) in [5.74, 6) is 1.17. The second-order valence-electron chi connectivity index (χ2n) is 6.87. The molecule has 2 aromatic carbocycles. The molecular formula is C23H21NO4S2. The highest BCUT2D eigenvalue weighted by Crippen LogP contribution is 2.28. The maximum Gasteiger partial charge on any atom is 0.297 e.